The highest BCUT2D eigenvalue weighted by Crippen LogP contribution is 2.39. The lowest BCUT2D eigenvalue weighted by molar-refractivity contribution is -0.140. The largest absolute Gasteiger partial charge is 0.381 e. The molecule has 124 valence electrons. The summed E-state index contributed by atoms with van der Waals surface area (Å²) in [7, 11) is 3.74. The molecule has 1 amide bonds. The highest BCUT2D eigenvalue weighted by Gasteiger charge is 2.44. The second-order valence-corrected chi connectivity index (χ2v) is 5.91. The van der Waals surface area contributed by atoms with E-state index in [9.17, 15) is 4.79 Å². The Morgan fingerprint density at radius 2 is 2.00 bits per heavy atom. The molecule has 0 saturated carbocycles. The lowest BCUT2D eigenvalue weighted by Crippen LogP contribution is -2.50. The van der Waals surface area contributed by atoms with Crippen molar-refractivity contribution in [2.24, 2.45) is 0 Å². The Morgan fingerprint density at radius 1 is 1.36 bits per heavy atom. The van der Waals surface area contributed by atoms with Gasteiger partial charge in [-0.3, -0.25) is 4.79 Å². The summed E-state index contributed by atoms with van der Waals surface area (Å²) in [5.74, 6) is 0.133. The summed E-state index contributed by atoms with van der Waals surface area (Å²) >= 11 is 6.38. The van der Waals surface area contributed by atoms with Gasteiger partial charge in [-0.1, -0.05) is 29.8 Å². The Kier molecular flexibility index (Phi) is 7.63. The molecule has 2 rings (SSSR count). The SMILES string of the molecule is CNCCN(C)C(=O)C1(c2ccccc2Cl)CCOCC1.Cl. The predicted octanol–water partition coefficient (Wildman–Crippen LogP) is 2.49. The van der Waals surface area contributed by atoms with Crippen LogP contribution in [0.3, 0.4) is 0 Å². The van der Waals surface area contributed by atoms with Crippen LogP contribution in [-0.2, 0) is 14.9 Å². The minimum absolute atomic E-state index is 0. The number of rotatable bonds is 5. The van der Waals surface area contributed by atoms with Crippen molar-refractivity contribution >= 4 is 29.9 Å². The van der Waals surface area contributed by atoms with E-state index >= 15 is 0 Å². The van der Waals surface area contributed by atoms with Gasteiger partial charge in [0, 0.05) is 38.4 Å². The Morgan fingerprint density at radius 3 is 2.59 bits per heavy atom. The minimum atomic E-state index is -0.556. The summed E-state index contributed by atoms with van der Waals surface area (Å²) in [6, 6.07) is 7.67. The van der Waals surface area contributed by atoms with E-state index in [0.29, 0.717) is 37.6 Å². The molecule has 1 aromatic carbocycles. The summed E-state index contributed by atoms with van der Waals surface area (Å²) in [5.41, 5.74) is 0.371. The van der Waals surface area contributed by atoms with E-state index in [1.54, 1.807) is 4.90 Å². The Labute approximate surface area is 143 Å². The Bertz CT molecular complexity index is 491. The average molecular weight is 347 g/mol. The summed E-state index contributed by atoms with van der Waals surface area (Å²) < 4.78 is 5.47. The number of ether oxygens (including phenoxy) is 1. The summed E-state index contributed by atoms with van der Waals surface area (Å²) in [5, 5.41) is 3.74. The monoisotopic (exact) mass is 346 g/mol. The van der Waals surface area contributed by atoms with Gasteiger partial charge in [0.25, 0.3) is 0 Å². The van der Waals surface area contributed by atoms with Crippen molar-refractivity contribution in [2.75, 3.05) is 40.4 Å². The average Bonchev–Trinajstić information content (AvgIpc) is 2.53. The fourth-order valence-corrected chi connectivity index (χ4v) is 3.23. The second kappa shape index (κ2) is 8.73. The number of halogens is 2. The molecule has 1 aliphatic rings. The van der Waals surface area contributed by atoms with Crippen molar-refractivity contribution in [3.63, 3.8) is 0 Å². The molecule has 0 radical (unpaired) electrons. The molecule has 0 spiro atoms. The van der Waals surface area contributed by atoms with Crippen LogP contribution in [0.1, 0.15) is 18.4 Å². The van der Waals surface area contributed by atoms with Crippen LogP contribution in [0.2, 0.25) is 5.02 Å². The van der Waals surface area contributed by atoms with Gasteiger partial charge in [-0.15, -0.1) is 12.4 Å². The van der Waals surface area contributed by atoms with E-state index in [2.05, 4.69) is 5.32 Å². The van der Waals surface area contributed by atoms with Gasteiger partial charge in [0.1, 0.15) is 0 Å². The van der Waals surface area contributed by atoms with E-state index in [1.807, 2.05) is 38.4 Å². The van der Waals surface area contributed by atoms with Crippen LogP contribution in [0, 0.1) is 0 Å². The molecule has 1 saturated heterocycles. The third-order valence-corrected chi connectivity index (χ3v) is 4.52. The number of nitrogens with zero attached hydrogens (tertiary/aromatic N) is 1. The molecule has 1 heterocycles. The molecular weight excluding hydrogens is 323 g/mol. The zero-order chi connectivity index (χ0) is 15.3. The normalized spacial score (nSPS) is 16.7. The number of amides is 1. The van der Waals surface area contributed by atoms with Crippen molar-refractivity contribution in [1.82, 2.24) is 10.2 Å². The lowest BCUT2D eigenvalue weighted by Gasteiger charge is -2.39. The van der Waals surface area contributed by atoms with Crippen LogP contribution in [0.5, 0.6) is 0 Å². The smallest absolute Gasteiger partial charge is 0.233 e. The van der Waals surface area contributed by atoms with Gasteiger partial charge in [-0.2, -0.15) is 0 Å². The van der Waals surface area contributed by atoms with E-state index in [-0.39, 0.29) is 18.3 Å². The van der Waals surface area contributed by atoms with Crippen LogP contribution in [0.25, 0.3) is 0 Å². The van der Waals surface area contributed by atoms with E-state index in [1.165, 1.54) is 0 Å². The molecule has 0 aromatic heterocycles. The molecule has 4 nitrogen and oxygen atoms in total. The summed E-state index contributed by atoms with van der Waals surface area (Å²) in [6.45, 7) is 2.65. The summed E-state index contributed by atoms with van der Waals surface area (Å²) in [4.78, 5) is 14.9. The number of carbonyl (C=O) groups is 1. The highest BCUT2D eigenvalue weighted by molar-refractivity contribution is 6.31. The van der Waals surface area contributed by atoms with Crippen molar-refractivity contribution in [2.45, 2.75) is 18.3 Å². The quantitative estimate of drug-likeness (QED) is 0.890. The zero-order valence-corrected chi connectivity index (χ0v) is 14.7. The molecule has 1 N–H and O–H groups in total. The molecular formula is C16H24Cl2N2O2. The second-order valence-electron chi connectivity index (χ2n) is 5.50. The molecule has 0 unspecified atom stereocenters. The zero-order valence-electron chi connectivity index (χ0n) is 13.1. The number of benzene rings is 1. The molecule has 22 heavy (non-hydrogen) atoms. The Hall–Kier alpha value is -0.810. The third kappa shape index (κ3) is 3.93. The van der Waals surface area contributed by atoms with Gasteiger partial charge >= 0.3 is 0 Å². The van der Waals surface area contributed by atoms with Crippen molar-refractivity contribution < 1.29 is 9.53 Å². The van der Waals surface area contributed by atoms with Gasteiger partial charge in [0.15, 0.2) is 0 Å². The van der Waals surface area contributed by atoms with Gasteiger partial charge in [-0.25, -0.2) is 0 Å². The molecule has 6 heteroatoms. The third-order valence-electron chi connectivity index (χ3n) is 4.19. The number of nitrogens with one attached hydrogen (secondary N) is 1. The maximum atomic E-state index is 13.1. The minimum Gasteiger partial charge on any atom is -0.381 e. The number of likely N-dealkylation sites (N-methyl/N-ethyl adjacent to an activating group) is 2. The van der Waals surface area contributed by atoms with Crippen molar-refractivity contribution in [3.8, 4) is 0 Å². The maximum absolute atomic E-state index is 13.1. The van der Waals surface area contributed by atoms with Crippen LogP contribution in [-0.4, -0.2) is 51.2 Å². The van der Waals surface area contributed by atoms with Crippen LogP contribution in [0.15, 0.2) is 24.3 Å². The first-order valence-electron chi connectivity index (χ1n) is 7.35. The molecule has 0 aliphatic carbocycles. The van der Waals surface area contributed by atoms with Gasteiger partial charge in [0.2, 0.25) is 5.91 Å². The topological polar surface area (TPSA) is 41.6 Å². The lowest BCUT2D eigenvalue weighted by atomic mass is 9.73. The number of hydrogen-bond acceptors (Lipinski definition) is 3. The fourth-order valence-electron chi connectivity index (χ4n) is 2.91. The first-order chi connectivity index (χ1) is 10.1. The number of carbonyl (C=O) groups excluding carboxylic acids is 1. The maximum Gasteiger partial charge on any atom is 0.233 e. The highest BCUT2D eigenvalue weighted by atomic mass is 35.5. The van der Waals surface area contributed by atoms with Gasteiger partial charge < -0.3 is 15.0 Å². The summed E-state index contributed by atoms with van der Waals surface area (Å²) in [6.07, 6.45) is 1.36. The standard InChI is InChI=1S/C16H23ClN2O2.ClH/c1-18-9-10-19(2)15(20)16(7-11-21-12-8-16)13-5-3-4-6-14(13)17;/h3-6,18H,7-12H2,1-2H3;1H. The van der Waals surface area contributed by atoms with E-state index in [0.717, 1.165) is 12.1 Å². The predicted molar refractivity (Wildman–Crippen MR) is 92.0 cm³/mol. The van der Waals surface area contributed by atoms with Crippen molar-refractivity contribution in [1.29, 1.82) is 0 Å². The first kappa shape index (κ1) is 19.2. The molecule has 0 bridgehead atoms. The number of hydrogen-bond donors (Lipinski definition) is 1. The van der Waals surface area contributed by atoms with Crippen molar-refractivity contribution in [3.05, 3.63) is 34.9 Å². The van der Waals surface area contributed by atoms with Crippen LogP contribution >= 0.6 is 24.0 Å². The Balaban J connectivity index is 0.00000242. The first-order valence-corrected chi connectivity index (χ1v) is 7.72. The van der Waals surface area contributed by atoms with E-state index < -0.39 is 5.41 Å². The molecule has 1 aromatic rings. The van der Waals surface area contributed by atoms with Gasteiger partial charge in [-0.05, 0) is 31.5 Å². The molecule has 0 atom stereocenters. The molecule has 1 fully saturated rings. The van der Waals surface area contributed by atoms with Crippen LogP contribution < -0.4 is 5.32 Å². The fraction of sp³-hybridized carbons (Fsp3) is 0.562. The van der Waals surface area contributed by atoms with Crippen LogP contribution in [0.4, 0.5) is 0 Å². The van der Waals surface area contributed by atoms with Gasteiger partial charge in [0.05, 0.1) is 5.41 Å². The molecule has 1 aliphatic heterocycles. The van der Waals surface area contributed by atoms with E-state index in [4.69, 9.17) is 16.3 Å².